The quantitative estimate of drug-likeness (QED) is 0.470. The third-order valence-corrected chi connectivity index (χ3v) is 6.06. The lowest BCUT2D eigenvalue weighted by atomic mass is 10.1. The van der Waals surface area contributed by atoms with Gasteiger partial charge in [0.15, 0.2) is 0 Å². The first-order chi connectivity index (χ1) is 14.6. The Bertz CT molecular complexity index is 1080. The minimum Gasteiger partial charge on any atom is -0.491 e. The van der Waals surface area contributed by atoms with Gasteiger partial charge in [0.2, 0.25) is 15.8 Å². The molecule has 1 aromatic carbocycles. The Hall–Kier alpha value is -2.50. The molecule has 2 rings (SSSR count). The second kappa shape index (κ2) is 11.2. The molecule has 9 nitrogen and oxygen atoms in total. The molecule has 31 heavy (non-hydrogen) atoms. The smallest absolute Gasteiger partial charge is 0.330 e. The third-order valence-electron chi connectivity index (χ3n) is 4.53. The van der Waals surface area contributed by atoms with Crippen LogP contribution in [0, 0.1) is 5.82 Å². The van der Waals surface area contributed by atoms with E-state index in [1.165, 1.54) is 0 Å². The molecule has 0 bridgehead atoms. The van der Waals surface area contributed by atoms with Crippen LogP contribution < -0.4 is 20.7 Å². The van der Waals surface area contributed by atoms with Gasteiger partial charge >= 0.3 is 5.69 Å². The van der Waals surface area contributed by atoms with Crippen LogP contribution in [0.3, 0.4) is 0 Å². The van der Waals surface area contributed by atoms with Gasteiger partial charge in [0.1, 0.15) is 12.5 Å². The lowest BCUT2D eigenvalue weighted by Crippen LogP contribution is -2.32. The van der Waals surface area contributed by atoms with Gasteiger partial charge in [-0.25, -0.2) is 17.9 Å². The number of nitrogens with one attached hydrogen (secondary N) is 2. The number of aromatic nitrogens is 2. The molecule has 0 radical (unpaired) electrons. The van der Waals surface area contributed by atoms with Gasteiger partial charge < -0.3 is 9.47 Å². The normalized spacial score (nSPS) is 13.7. The fraction of sp³-hybridized carbons (Fsp3) is 0.500. The zero-order valence-electron chi connectivity index (χ0n) is 17.8. The number of sulfonamides is 1. The molecule has 172 valence electrons. The van der Waals surface area contributed by atoms with Crippen molar-refractivity contribution < 1.29 is 22.3 Å². The highest BCUT2D eigenvalue weighted by molar-refractivity contribution is 7.89. The number of nitrogens with zero attached hydrogens (tertiary/aromatic N) is 1. The van der Waals surface area contributed by atoms with Crippen LogP contribution in [0.1, 0.15) is 45.2 Å². The molecule has 0 unspecified atom stereocenters. The van der Waals surface area contributed by atoms with Crippen molar-refractivity contribution in [2.24, 2.45) is 0 Å². The standard InChI is InChI=1S/C20H28FN3O6S/c1-4-14(2)30-17-8-5-7-16(11-17)15(3)23-31(27,28)10-6-9-29-13-24-12-18(21)19(25)22-20(24)26/h5,7-8,11-12,14-15,23H,4,6,9-10,13H2,1-3H3,(H,22,25,26)/t14-,15-/m1/s1. The van der Waals surface area contributed by atoms with Crippen LogP contribution in [0.25, 0.3) is 0 Å². The summed E-state index contributed by atoms with van der Waals surface area (Å²) in [4.78, 5) is 24.3. The zero-order chi connectivity index (χ0) is 23.0. The number of hydrogen-bond acceptors (Lipinski definition) is 6. The van der Waals surface area contributed by atoms with Crippen molar-refractivity contribution in [1.29, 1.82) is 0 Å². The fourth-order valence-corrected chi connectivity index (χ4v) is 3.95. The Balaban J connectivity index is 1.82. The number of H-pyrrole nitrogens is 1. The summed E-state index contributed by atoms with van der Waals surface area (Å²) in [6, 6.07) is 6.82. The second-order valence-electron chi connectivity index (χ2n) is 7.16. The zero-order valence-corrected chi connectivity index (χ0v) is 18.6. The lowest BCUT2D eigenvalue weighted by Gasteiger charge is -2.17. The highest BCUT2D eigenvalue weighted by Crippen LogP contribution is 2.21. The Morgan fingerprint density at radius 2 is 2.00 bits per heavy atom. The minimum atomic E-state index is -3.58. The van der Waals surface area contributed by atoms with Gasteiger partial charge in [0, 0.05) is 12.6 Å². The average molecular weight is 458 g/mol. The maximum Gasteiger partial charge on any atom is 0.330 e. The Morgan fingerprint density at radius 1 is 1.26 bits per heavy atom. The number of aromatic amines is 1. The monoisotopic (exact) mass is 457 g/mol. The van der Waals surface area contributed by atoms with E-state index < -0.39 is 33.1 Å². The molecule has 2 aromatic rings. The second-order valence-corrected chi connectivity index (χ2v) is 9.04. The van der Waals surface area contributed by atoms with Crippen LogP contribution in [0.4, 0.5) is 4.39 Å². The Morgan fingerprint density at radius 3 is 2.71 bits per heavy atom. The first kappa shape index (κ1) is 24.8. The number of halogens is 1. The van der Waals surface area contributed by atoms with Crippen LogP contribution in [-0.4, -0.2) is 36.4 Å². The summed E-state index contributed by atoms with van der Waals surface area (Å²) in [5.41, 5.74) is -1.14. The predicted molar refractivity (Wildman–Crippen MR) is 114 cm³/mol. The third kappa shape index (κ3) is 7.93. The van der Waals surface area contributed by atoms with Gasteiger partial charge in [0.25, 0.3) is 5.56 Å². The van der Waals surface area contributed by atoms with E-state index in [1.807, 2.05) is 43.1 Å². The van der Waals surface area contributed by atoms with Gasteiger partial charge in [-0.3, -0.25) is 14.3 Å². The largest absolute Gasteiger partial charge is 0.491 e. The van der Waals surface area contributed by atoms with Gasteiger partial charge in [-0.05, 0) is 44.4 Å². The maximum atomic E-state index is 13.2. The van der Waals surface area contributed by atoms with Crippen molar-refractivity contribution in [2.75, 3.05) is 12.4 Å². The molecule has 2 atom stereocenters. The van der Waals surface area contributed by atoms with E-state index in [0.717, 1.165) is 22.7 Å². The summed E-state index contributed by atoms with van der Waals surface area (Å²) in [6.45, 7) is 5.45. The van der Waals surface area contributed by atoms with Crippen LogP contribution in [0.15, 0.2) is 40.1 Å². The van der Waals surface area contributed by atoms with E-state index in [0.29, 0.717) is 5.75 Å². The van der Waals surface area contributed by atoms with Crippen LogP contribution in [0.2, 0.25) is 0 Å². The van der Waals surface area contributed by atoms with E-state index in [1.54, 1.807) is 6.92 Å². The SMILES string of the molecule is CC[C@@H](C)Oc1cccc([C@@H](C)NS(=O)(=O)CCCOCn2cc(F)c(=O)[nH]c2=O)c1. The predicted octanol–water partition coefficient (Wildman–Crippen LogP) is 1.90. The van der Waals surface area contributed by atoms with E-state index in [4.69, 9.17) is 9.47 Å². The molecule has 2 N–H and O–H groups in total. The number of ether oxygens (including phenoxy) is 2. The lowest BCUT2D eigenvalue weighted by molar-refractivity contribution is 0.0736. The van der Waals surface area contributed by atoms with Crippen LogP contribution >= 0.6 is 0 Å². The van der Waals surface area contributed by atoms with Gasteiger partial charge in [0.05, 0.1) is 18.1 Å². The molecule has 0 saturated carbocycles. The summed E-state index contributed by atoms with van der Waals surface area (Å²) in [7, 11) is -3.58. The molecule has 0 aliphatic heterocycles. The van der Waals surface area contributed by atoms with Crippen LogP contribution in [0.5, 0.6) is 5.75 Å². The topological polar surface area (TPSA) is 119 Å². The fourth-order valence-electron chi connectivity index (χ4n) is 2.66. The van der Waals surface area contributed by atoms with Crippen molar-refractivity contribution in [3.8, 4) is 5.75 Å². The molecule has 0 saturated heterocycles. The summed E-state index contributed by atoms with van der Waals surface area (Å²) >= 11 is 0. The summed E-state index contributed by atoms with van der Waals surface area (Å²) in [5, 5.41) is 0. The van der Waals surface area contributed by atoms with E-state index in [2.05, 4.69) is 4.72 Å². The summed E-state index contributed by atoms with van der Waals surface area (Å²) in [5.74, 6) is -0.613. The Labute approximate surface area is 180 Å². The molecule has 0 aliphatic carbocycles. The molecular weight excluding hydrogens is 429 g/mol. The van der Waals surface area contributed by atoms with Crippen molar-refractivity contribution in [3.63, 3.8) is 0 Å². The number of rotatable bonds is 12. The van der Waals surface area contributed by atoms with E-state index in [-0.39, 0.29) is 31.6 Å². The molecule has 0 amide bonds. The first-order valence-corrected chi connectivity index (χ1v) is 11.6. The van der Waals surface area contributed by atoms with Crippen molar-refractivity contribution in [3.05, 3.63) is 62.7 Å². The molecule has 0 aliphatic rings. The molecule has 1 aromatic heterocycles. The molecule has 11 heteroatoms. The van der Waals surface area contributed by atoms with E-state index >= 15 is 0 Å². The summed E-state index contributed by atoms with van der Waals surface area (Å²) < 4.78 is 52.3. The Kier molecular flexibility index (Phi) is 8.96. The molecule has 1 heterocycles. The van der Waals surface area contributed by atoms with Crippen molar-refractivity contribution in [1.82, 2.24) is 14.3 Å². The van der Waals surface area contributed by atoms with Gasteiger partial charge in [-0.2, -0.15) is 4.39 Å². The summed E-state index contributed by atoms with van der Waals surface area (Å²) in [6.07, 6.45) is 1.83. The maximum absolute atomic E-state index is 13.2. The number of hydrogen-bond donors (Lipinski definition) is 2. The van der Waals surface area contributed by atoms with Gasteiger partial charge in [-0.15, -0.1) is 0 Å². The molecule has 0 fully saturated rings. The minimum absolute atomic E-state index is 0.0285. The van der Waals surface area contributed by atoms with Crippen molar-refractivity contribution >= 4 is 10.0 Å². The van der Waals surface area contributed by atoms with E-state index in [9.17, 15) is 22.4 Å². The van der Waals surface area contributed by atoms with Gasteiger partial charge in [-0.1, -0.05) is 19.1 Å². The highest BCUT2D eigenvalue weighted by atomic mass is 32.2. The van der Waals surface area contributed by atoms with Crippen LogP contribution in [-0.2, 0) is 21.5 Å². The highest BCUT2D eigenvalue weighted by Gasteiger charge is 2.16. The number of benzene rings is 1. The molecular formula is C20H28FN3O6S. The first-order valence-electron chi connectivity index (χ1n) is 9.95. The van der Waals surface area contributed by atoms with Crippen molar-refractivity contribution in [2.45, 2.75) is 52.5 Å². The molecule has 0 spiro atoms. The average Bonchev–Trinajstić information content (AvgIpc) is 2.71.